The number of benzene rings is 1. The minimum atomic E-state index is 0.619. The summed E-state index contributed by atoms with van der Waals surface area (Å²) in [5.41, 5.74) is 1.42. The Kier molecular flexibility index (Phi) is 6.02. The third kappa shape index (κ3) is 4.30. The van der Waals surface area contributed by atoms with Crippen LogP contribution in [0.5, 0.6) is 0 Å². The van der Waals surface area contributed by atoms with Crippen LogP contribution in [-0.4, -0.2) is 55.2 Å². The van der Waals surface area contributed by atoms with Crippen LogP contribution in [0.15, 0.2) is 30.3 Å². The van der Waals surface area contributed by atoms with Crippen molar-refractivity contribution in [3.63, 3.8) is 0 Å². The number of ether oxygens (including phenoxy) is 1. The molecule has 0 aliphatic carbocycles. The first kappa shape index (κ1) is 15.5. The molecule has 1 saturated heterocycles. The first-order valence-electron chi connectivity index (χ1n) is 7.71. The fourth-order valence-corrected chi connectivity index (χ4v) is 3.03. The SMILES string of the molecule is COCCCN1C[C@H](C)N(Cc2ccccc2)C[C@H]1C. The smallest absolute Gasteiger partial charge is 0.0474 e. The highest BCUT2D eigenvalue weighted by Crippen LogP contribution is 2.18. The summed E-state index contributed by atoms with van der Waals surface area (Å²) in [6.07, 6.45) is 1.13. The molecular formula is C17H28N2O. The van der Waals surface area contributed by atoms with Gasteiger partial charge >= 0.3 is 0 Å². The number of methoxy groups -OCH3 is 1. The van der Waals surface area contributed by atoms with Gasteiger partial charge in [-0.3, -0.25) is 9.80 Å². The predicted molar refractivity (Wildman–Crippen MR) is 83.8 cm³/mol. The first-order chi connectivity index (χ1) is 9.70. The molecule has 0 amide bonds. The molecule has 1 aromatic carbocycles. The summed E-state index contributed by atoms with van der Waals surface area (Å²) in [7, 11) is 1.78. The lowest BCUT2D eigenvalue weighted by Crippen LogP contribution is -2.56. The molecule has 0 spiro atoms. The number of nitrogens with zero attached hydrogens (tertiary/aromatic N) is 2. The Morgan fingerprint density at radius 2 is 1.70 bits per heavy atom. The molecule has 0 bridgehead atoms. The third-order valence-corrected chi connectivity index (χ3v) is 4.27. The zero-order valence-electron chi connectivity index (χ0n) is 13.1. The summed E-state index contributed by atoms with van der Waals surface area (Å²) in [5.74, 6) is 0. The van der Waals surface area contributed by atoms with E-state index in [1.54, 1.807) is 7.11 Å². The summed E-state index contributed by atoms with van der Waals surface area (Å²) < 4.78 is 5.16. The van der Waals surface area contributed by atoms with Gasteiger partial charge < -0.3 is 4.74 Å². The molecule has 0 saturated carbocycles. The van der Waals surface area contributed by atoms with Gasteiger partial charge in [0.05, 0.1) is 0 Å². The second kappa shape index (κ2) is 7.77. The Hall–Kier alpha value is -0.900. The molecule has 112 valence electrons. The van der Waals surface area contributed by atoms with Gasteiger partial charge in [-0.2, -0.15) is 0 Å². The summed E-state index contributed by atoms with van der Waals surface area (Å²) in [6.45, 7) is 10.1. The van der Waals surface area contributed by atoms with Crippen LogP contribution >= 0.6 is 0 Å². The fourth-order valence-electron chi connectivity index (χ4n) is 3.03. The van der Waals surface area contributed by atoms with E-state index in [0.29, 0.717) is 12.1 Å². The molecule has 0 N–H and O–H groups in total. The van der Waals surface area contributed by atoms with Crippen molar-refractivity contribution in [2.75, 3.05) is 33.4 Å². The fraction of sp³-hybridized carbons (Fsp3) is 0.647. The molecular weight excluding hydrogens is 248 g/mol. The second-order valence-corrected chi connectivity index (χ2v) is 5.95. The molecule has 1 aromatic rings. The molecule has 3 nitrogen and oxygen atoms in total. The Morgan fingerprint density at radius 3 is 2.40 bits per heavy atom. The van der Waals surface area contributed by atoms with Crippen LogP contribution in [0.1, 0.15) is 25.8 Å². The van der Waals surface area contributed by atoms with E-state index in [-0.39, 0.29) is 0 Å². The number of hydrogen-bond donors (Lipinski definition) is 0. The Morgan fingerprint density at radius 1 is 1.05 bits per heavy atom. The average Bonchev–Trinajstić information content (AvgIpc) is 2.45. The lowest BCUT2D eigenvalue weighted by atomic mass is 10.1. The highest BCUT2D eigenvalue weighted by atomic mass is 16.5. The van der Waals surface area contributed by atoms with Crippen LogP contribution in [0.2, 0.25) is 0 Å². The topological polar surface area (TPSA) is 15.7 Å². The van der Waals surface area contributed by atoms with E-state index in [1.807, 2.05) is 0 Å². The standard InChI is InChI=1S/C17H28N2O/c1-15-13-19(14-17-8-5-4-6-9-17)16(2)12-18(15)10-7-11-20-3/h4-6,8-9,15-16H,7,10-14H2,1-3H3/t15-,16+/m1/s1. The molecule has 3 heteroatoms. The van der Waals surface area contributed by atoms with Crippen molar-refractivity contribution < 1.29 is 4.74 Å². The lowest BCUT2D eigenvalue weighted by Gasteiger charge is -2.44. The van der Waals surface area contributed by atoms with Crippen molar-refractivity contribution >= 4 is 0 Å². The van der Waals surface area contributed by atoms with Gasteiger partial charge in [-0.05, 0) is 25.8 Å². The van der Waals surface area contributed by atoms with Crippen molar-refractivity contribution in [2.24, 2.45) is 0 Å². The summed E-state index contributed by atoms with van der Waals surface area (Å²) in [5, 5.41) is 0. The normalized spacial score (nSPS) is 24.9. The predicted octanol–water partition coefficient (Wildman–Crippen LogP) is 2.62. The maximum atomic E-state index is 5.16. The van der Waals surface area contributed by atoms with Crippen LogP contribution in [0.25, 0.3) is 0 Å². The largest absolute Gasteiger partial charge is 0.385 e. The molecule has 2 atom stereocenters. The van der Waals surface area contributed by atoms with Gasteiger partial charge in [-0.1, -0.05) is 30.3 Å². The monoisotopic (exact) mass is 276 g/mol. The quantitative estimate of drug-likeness (QED) is 0.743. The van der Waals surface area contributed by atoms with Crippen LogP contribution in [0.4, 0.5) is 0 Å². The van der Waals surface area contributed by atoms with Crippen LogP contribution in [-0.2, 0) is 11.3 Å². The minimum absolute atomic E-state index is 0.619. The number of piperazine rings is 1. The molecule has 0 radical (unpaired) electrons. The van der Waals surface area contributed by atoms with E-state index >= 15 is 0 Å². The van der Waals surface area contributed by atoms with Gasteiger partial charge in [0.15, 0.2) is 0 Å². The zero-order valence-corrected chi connectivity index (χ0v) is 13.1. The van der Waals surface area contributed by atoms with Crippen LogP contribution in [0, 0.1) is 0 Å². The molecule has 1 heterocycles. The van der Waals surface area contributed by atoms with Gasteiger partial charge in [0.2, 0.25) is 0 Å². The summed E-state index contributed by atoms with van der Waals surface area (Å²) in [4.78, 5) is 5.21. The second-order valence-electron chi connectivity index (χ2n) is 5.95. The Bertz CT molecular complexity index is 382. The van der Waals surface area contributed by atoms with Crippen LogP contribution < -0.4 is 0 Å². The first-order valence-corrected chi connectivity index (χ1v) is 7.71. The molecule has 20 heavy (non-hydrogen) atoms. The molecule has 1 aliphatic heterocycles. The molecule has 1 aliphatic rings. The Labute approximate surface area is 123 Å². The van der Waals surface area contributed by atoms with Crippen molar-refractivity contribution in [1.82, 2.24) is 9.80 Å². The van der Waals surface area contributed by atoms with E-state index in [1.165, 1.54) is 5.56 Å². The zero-order chi connectivity index (χ0) is 14.4. The van der Waals surface area contributed by atoms with Gasteiger partial charge in [0, 0.05) is 52.0 Å². The van der Waals surface area contributed by atoms with Gasteiger partial charge in [0.1, 0.15) is 0 Å². The molecule has 0 aromatic heterocycles. The van der Waals surface area contributed by atoms with E-state index < -0.39 is 0 Å². The minimum Gasteiger partial charge on any atom is -0.385 e. The van der Waals surface area contributed by atoms with E-state index in [0.717, 1.165) is 39.2 Å². The molecule has 2 rings (SSSR count). The summed E-state index contributed by atoms with van der Waals surface area (Å²) in [6, 6.07) is 12.0. The number of hydrogen-bond acceptors (Lipinski definition) is 3. The Balaban J connectivity index is 1.86. The van der Waals surface area contributed by atoms with Crippen molar-refractivity contribution in [3.8, 4) is 0 Å². The van der Waals surface area contributed by atoms with E-state index in [2.05, 4.69) is 54.0 Å². The van der Waals surface area contributed by atoms with E-state index in [4.69, 9.17) is 4.74 Å². The molecule has 1 fully saturated rings. The van der Waals surface area contributed by atoms with Crippen molar-refractivity contribution in [1.29, 1.82) is 0 Å². The van der Waals surface area contributed by atoms with Crippen molar-refractivity contribution in [2.45, 2.75) is 38.9 Å². The van der Waals surface area contributed by atoms with E-state index in [9.17, 15) is 0 Å². The summed E-state index contributed by atoms with van der Waals surface area (Å²) >= 11 is 0. The lowest BCUT2D eigenvalue weighted by molar-refractivity contribution is 0.0327. The highest BCUT2D eigenvalue weighted by molar-refractivity contribution is 5.14. The highest BCUT2D eigenvalue weighted by Gasteiger charge is 2.28. The van der Waals surface area contributed by atoms with Crippen LogP contribution in [0.3, 0.4) is 0 Å². The third-order valence-electron chi connectivity index (χ3n) is 4.27. The van der Waals surface area contributed by atoms with Gasteiger partial charge in [-0.15, -0.1) is 0 Å². The van der Waals surface area contributed by atoms with Crippen molar-refractivity contribution in [3.05, 3.63) is 35.9 Å². The maximum absolute atomic E-state index is 5.16. The maximum Gasteiger partial charge on any atom is 0.0474 e. The van der Waals surface area contributed by atoms with Gasteiger partial charge in [-0.25, -0.2) is 0 Å². The van der Waals surface area contributed by atoms with Gasteiger partial charge in [0.25, 0.3) is 0 Å². The molecule has 0 unspecified atom stereocenters. The number of rotatable bonds is 6. The average molecular weight is 276 g/mol.